The highest BCUT2D eigenvalue weighted by atomic mass is 32.2. The highest BCUT2D eigenvalue weighted by Gasteiger charge is 2.25. The lowest BCUT2D eigenvalue weighted by molar-refractivity contribution is -0.118. The summed E-state index contributed by atoms with van der Waals surface area (Å²) in [5, 5.41) is 16.0. The molecule has 7 nitrogen and oxygen atoms in total. The van der Waals surface area contributed by atoms with Gasteiger partial charge in [-0.3, -0.25) is 9.69 Å². The summed E-state index contributed by atoms with van der Waals surface area (Å²) in [7, 11) is 0. The number of nitrogens with zero attached hydrogens (tertiary/aromatic N) is 5. The molecule has 162 valence electrons. The van der Waals surface area contributed by atoms with E-state index in [0.717, 1.165) is 37.0 Å². The lowest BCUT2D eigenvalue weighted by atomic mass is 9.95. The third-order valence-electron chi connectivity index (χ3n) is 6.40. The second-order valence-electron chi connectivity index (χ2n) is 8.58. The molecule has 1 aliphatic heterocycles. The van der Waals surface area contributed by atoms with Crippen LogP contribution in [-0.2, 0) is 4.79 Å². The molecule has 4 rings (SSSR count). The highest BCUT2D eigenvalue weighted by Crippen LogP contribution is 2.31. The molecule has 1 saturated carbocycles. The fourth-order valence-corrected chi connectivity index (χ4v) is 5.30. The molecule has 1 atom stereocenters. The average molecular weight is 429 g/mol. The van der Waals surface area contributed by atoms with Crippen LogP contribution in [-0.4, -0.2) is 56.4 Å². The van der Waals surface area contributed by atoms with Gasteiger partial charge in [-0.05, 0) is 60.7 Å². The second kappa shape index (κ2) is 10.4. The van der Waals surface area contributed by atoms with Crippen molar-refractivity contribution in [3.05, 3.63) is 35.9 Å². The Bertz CT molecular complexity index is 799. The van der Waals surface area contributed by atoms with Crippen molar-refractivity contribution in [1.82, 2.24) is 30.4 Å². The molecule has 1 amide bonds. The van der Waals surface area contributed by atoms with Gasteiger partial charge in [-0.2, -0.15) is 0 Å². The molecule has 1 aromatic heterocycles. The van der Waals surface area contributed by atoms with Gasteiger partial charge in [-0.15, -0.1) is 5.10 Å². The number of aromatic nitrogens is 4. The number of amides is 1. The van der Waals surface area contributed by atoms with E-state index in [1.807, 2.05) is 10.7 Å². The van der Waals surface area contributed by atoms with E-state index in [1.54, 1.807) is 0 Å². The van der Waals surface area contributed by atoms with Crippen molar-refractivity contribution in [2.45, 2.75) is 62.7 Å². The number of piperidine rings is 1. The number of nitrogens with one attached hydrogen (secondary N) is 1. The quantitative estimate of drug-likeness (QED) is 0.649. The van der Waals surface area contributed by atoms with Crippen LogP contribution in [0.3, 0.4) is 0 Å². The van der Waals surface area contributed by atoms with Gasteiger partial charge in [-0.1, -0.05) is 61.9 Å². The Morgan fingerprint density at radius 3 is 2.63 bits per heavy atom. The average Bonchev–Trinajstić information content (AvgIpc) is 3.46. The van der Waals surface area contributed by atoms with Crippen LogP contribution >= 0.6 is 11.8 Å². The van der Waals surface area contributed by atoms with Gasteiger partial charge < -0.3 is 5.32 Å². The maximum atomic E-state index is 12.6. The van der Waals surface area contributed by atoms with E-state index in [4.69, 9.17) is 0 Å². The van der Waals surface area contributed by atoms with Gasteiger partial charge in [0.1, 0.15) is 0 Å². The molecule has 8 heteroatoms. The number of carbonyl (C=O) groups is 1. The van der Waals surface area contributed by atoms with Crippen molar-refractivity contribution in [1.29, 1.82) is 0 Å². The fraction of sp³-hybridized carbons (Fsp3) is 0.636. The Hall–Kier alpha value is -1.93. The minimum atomic E-state index is 0.0345. The summed E-state index contributed by atoms with van der Waals surface area (Å²) in [4.78, 5) is 15.1. The fourth-order valence-electron chi connectivity index (χ4n) is 4.52. The number of likely N-dealkylation sites (tertiary alicyclic amines) is 1. The van der Waals surface area contributed by atoms with Gasteiger partial charge in [0.15, 0.2) is 0 Å². The SMILES string of the molecule is CC1CCN(C(CNC(=O)CSc2nnnn2C2CCCC2)c2ccccc2)CC1. The molecule has 0 bridgehead atoms. The standard InChI is InChI=1S/C22H32N6OS/c1-17-11-13-27(14-12-17)20(18-7-3-2-4-8-18)15-23-21(29)16-30-22-24-25-26-28(22)19-9-5-6-10-19/h2-4,7-8,17,19-20H,5-6,9-16H2,1H3,(H,23,29). The van der Waals surface area contributed by atoms with E-state index < -0.39 is 0 Å². The van der Waals surface area contributed by atoms with Crippen LogP contribution < -0.4 is 5.32 Å². The monoisotopic (exact) mass is 428 g/mol. The summed E-state index contributed by atoms with van der Waals surface area (Å²) in [6.07, 6.45) is 7.14. The maximum Gasteiger partial charge on any atom is 0.230 e. The first-order valence-electron chi connectivity index (χ1n) is 11.2. The molecule has 1 saturated heterocycles. The van der Waals surface area contributed by atoms with Crippen LogP contribution in [0.25, 0.3) is 0 Å². The van der Waals surface area contributed by atoms with Gasteiger partial charge in [0, 0.05) is 6.54 Å². The molecule has 30 heavy (non-hydrogen) atoms. The molecule has 2 aliphatic rings. The summed E-state index contributed by atoms with van der Waals surface area (Å²) in [5.74, 6) is 1.16. The zero-order valence-electron chi connectivity index (χ0n) is 17.7. The maximum absolute atomic E-state index is 12.6. The molecule has 2 heterocycles. The number of hydrogen-bond acceptors (Lipinski definition) is 6. The minimum absolute atomic E-state index is 0.0345. The summed E-state index contributed by atoms with van der Waals surface area (Å²) in [6, 6.07) is 11.1. The van der Waals surface area contributed by atoms with Crippen LogP contribution in [0.5, 0.6) is 0 Å². The Balaban J connectivity index is 1.32. The van der Waals surface area contributed by atoms with E-state index in [9.17, 15) is 4.79 Å². The highest BCUT2D eigenvalue weighted by molar-refractivity contribution is 7.99. The number of tetrazole rings is 1. The predicted octanol–water partition coefficient (Wildman–Crippen LogP) is 3.47. The molecule has 1 aromatic carbocycles. The van der Waals surface area contributed by atoms with Crippen LogP contribution in [0.2, 0.25) is 0 Å². The molecular weight excluding hydrogens is 396 g/mol. The normalized spacial score (nSPS) is 19.8. The van der Waals surface area contributed by atoms with Gasteiger partial charge in [0.05, 0.1) is 17.8 Å². The number of thioether (sulfide) groups is 1. The summed E-state index contributed by atoms with van der Waals surface area (Å²) >= 11 is 1.43. The third kappa shape index (κ3) is 5.40. The summed E-state index contributed by atoms with van der Waals surface area (Å²) < 4.78 is 1.91. The van der Waals surface area contributed by atoms with Crippen molar-refractivity contribution >= 4 is 17.7 Å². The molecule has 1 N–H and O–H groups in total. The molecule has 0 radical (unpaired) electrons. The summed E-state index contributed by atoms with van der Waals surface area (Å²) in [5.41, 5.74) is 1.27. The molecule has 2 aromatic rings. The Kier molecular flexibility index (Phi) is 7.38. The van der Waals surface area contributed by atoms with E-state index in [0.29, 0.717) is 18.3 Å². The number of hydrogen-bond donors (Lipinski definition) is 1. The first-order chi connectivity index (χ1) is 14.7. The number of carbonyl (C=O) groups excluding carboxylic acids is 1. The van der Waals surface area contributed by atoms with Crippen molar-refractivity contribution < 1.29 is 4.79 Å². The Labute approximate surface area is 183 Å². The van der Waals surface area contributed by atoms with Gasteiger partial charge in [0.25, 0.3) is 0 Å². The largest absolute Gasteiger partial charge is 0.353 e. The van der Waals surface area contributed by atoms with Crippen molar-refractivity contribution in [2.24, 2.45) is 5.92 Å². The van der Waals surface area contributed by atoms with E-state index in [-0.39, 0.29) is 11.9 Å². The van der Waals surface area contributed by atoms with Crippen LogP contribution in [0, 0.1) is 5.92 Å². The predicted molar refractivity (Wildman–Crippen MR) is 118 cm³/mol. The van der Waals surface area contributed by atoms with Crippen molar-refractivity contribution in [3.8, 4) is 0 Å². The van der Waals surface area contributed by atoms with Crippen LogP contribution in [0.4, 0.5) is 0 Å². The van der Waals surface area contributed by atoms with E-state index in [1.165, 1.54) is 43.0 Å². The zero-order valence-corrected chi connectivity index (χ0v) is 18.6. The second-order valence-corrected chi connectivity index (χ2v) is 9.52. The minimum Gasteiger partial charge on any atom is -0.353 e. The number of benzene rings is 1. The molecular formula is C22H32N6OS. The lowest BCUT2D eigenvalue weighted by Gasteiger charge is -2.37. The van der Waals surface area contributed by atoms with Crippen molar-refractivity contribution in [2.75, 3.05) is 25.4 Å². The first-order valence-corrected chi connectivity index (χ1v) is 12.2. The van der Waals surface area contributed by atoms with Gasteiger partial charge in [0.2, 0.25) is 11.1 Å². The van der Waals surface area contributed by atoms with Crippen LogP contribution in [0.1, 0.15) is 63.1 Å². The topological polar surface area (TPSA) is 75.9 Å². The summed E-state index contributed by atoms with van der Waals surface area (Å²) in [6.45, 7) is 5.13. The van der Waals surface area contributed by atoms with Crippen molar-refractivity contribution in [3.63, 3.8) is 0 Å². The smallest absolute Gasteiger partial charge is 0.230 e. The zero-order chi connectivity index (χ0) is 20.8. The number of rotatable bonds is 8. The Morgan fingerprint density at radius 1 is 1.17 bits per heavy atom. The van der Waals surface area contributed by atoms with E-state index >= 15 is 0 Å². The molecule has 1 aliphatic carbocycles. The van der Waals surface area contributed by atoms with Gasteiger partial charge in [-0.25, -0.2) is 4.68 Å². The first kappa shape index (κ1) is 21.3. The third-order valence-corrected chi connectivity index (χ3v) is 7.33. The molecule has 2 fully saturated rings. The van der Waals surface area contributed by atoms with Gasteiger partial charge >= 0.3 is 0 Å². The van der Waals surface area contributed by atoms with E-state index in [2.05, 4.69) is 56.9 Å². The van der Waals surface area contributed by atoms with Crippen LogP contribution in [0.15, 0.2) is 35.5 Å². The lowest BCUT2D eigenvalue weighted by Crippen LogP contribution is -2.42. The molecule has 0 spiro atoms. The Morgan fingerprint density at radius 2 is 1.90 bits per heavy atom. The molecule has 1 unspecified atom stereocenters.